The van der Waals surface area contributed by atoms with Gasteiger partial charge >= 0.3 is 0 Å². The first kappa shape index (κ1) is 10.6. The van der Waals surface area contributed by atoms with Gasteiger partial charge in [-0.15, -0.1) is 0 Å². The maximum absolute atomic E-state index is 6.35. The van der Waals surface area contributed by atoms with Gasteiger partial charge in [0.05, 0.1) is 7.11 Å². The highest BCUT2D eigenvalue weighted by Gasteiger charge is 2.34. The van der Waals surface area contributed by atoms with Crippen LogP contribution in [0.4, 0.5) is 0 Å². The Labute approximate surface area is 101 Å². The van der Waals surface area contributed by atoms with E-state index in [1.54, 1.807) is 7.11 Å². The van der Waals surface area contributed by atoms with Crippen LogP contribution in [0.1, 0.15) is 24.8 Å². The van der Waals surface area contributed by atoms with Crippen molar-refractivity contribution in [2.24, 2.45) is 5.73 Å². The van der Waals surface area contributed by atoms with Crippen LogP contribution in [-0.2, 0) is 5.54 Å². The topological polar surface area (TPSA) is 35.2 Å². The molecule has 2 nitrogen and oxygen atoms in total. The van der Waals surface area contributed by atoms with Gasteiger partial charge in [0.15, 0.2) is 0 Å². The molecule has 0 aromatic heterocycles. The minimum atomic E-state index is -0.0860. The summed E-state index contributed by atoms with van der Waals surface area (Å²) in [5.74, 6) is 0.925. The zero-order valence-corrected chi connectivity index (χ0v) is 10.1. The third kappa shape index (κ3) is 1.60. The molecule has 3 rings (SSSR count). The van der Waals surface area contributed by atoms with Crippen molar-refractivity contribution in [1.29, 1.82) is 0 Å². The van der Waals surface area contributed by atoms with Gasteiger partial charge in [-0.3, -0.25) is 0 Å². The molecule has 0 aliphatic heterocycles. The van der Waals surface area contributed by atoms with Crippen LogP contribution in [0.2, 0.25) is 0 Å². The van der Waals surface area contributed by atoms with Crippen LogP contribution in [0.3, 0.4) is 0 Å². The molecule has 0 amide bonds. The molecule has 0 heterocycles. The summed E-state index contributed by atoms with van der Waals surface area (Å²) < 4.78 is 5.36. The second-order valence-corrected chi connectivity index (χ2v) is 4.91. The second-order valence-electron chi connectivity index (χ2n) is 4.91. The minimum absolute atomic E-state index is 0.0860. The van der Waals surface area contributed by atoms with Crippen LogP contribution in [0.5, 0.6) is 5.75 Å². The molecule has 2 aromatic carbocycles. The fourth-order valence-electron chi connectivity index (χ4n) is 2.59. The molecule has 1 aliphatic rings. The first-order chi connectivity index (χ1) is 8.23. The molecular weight excluding hydrogens is 210 g/mol. The van der Waals surface area contributed by atoms with Crippen molar-refractivity contribution in [2.45, 2.75) is 24.8 Å². The zero-order chi connectivity index (χ0) is 11.9. The summed E-state index contributed by atoms with van der Waals surface area (Å²) in [7, 11) is 1.71. The number of hydrogen-bond acceptors (Lipinski definition) is 2. The van der Waals surface area contributed by atoms with E-state index < -0.39 is 0 Å². The van der Waals surface area contributed by atoms with Crippen LogP contribution < -0.4 is 10.5 Å². The second kappa shape index (κ2) is 3.74. The SMILES string of the molecule is COc1cccc2cc(C3(N)CCC3)ccc12. The van der Waals surface area contributed by atoms with E-state index in [1.165, 1.54) is 17.4 Å². The van der Waals surface area contributed by atoms with E-state index in [9.17, 15) is 0 Å². The van der Waals surface area contributed by atoms with Crippen molar-refractivity contribution in [3.8, 4) is 5.75 Å². The third-order valence-corrected chi connectivity index (χ3v) is 3.88. The van der Waals surface area contributed by atoms with E-state index in [1.807, 2.05) is 12.1 Å². The van der Waals surface area contributed by atoms with E-state index in [2.05, 4.69) is 24.3 Å². The largest absolute Gasteiger partial charge is 0.496 e. The summed E-state index contributed by atoms with van der Waals surface area (Å²) in [6.07, 6.45) is 3.44. The first-order valence-electron chi connectivity index (χ1n) is 6.09. The van der Waals surface area contributed by atoms with Crippen LogP contribution in [-0.4, -0.2) is 7.11 Å². The predicted octanol–water partition coefficient (Wildman–Crippen LogP) is 3.19. The van der Waals surface area contributed by atoms with Crippen molar-refractivity contribution in [1.82, 2.24) is 0 Å². The van der Waals surface area contributed by atoms with Gasteiger partial charge in [-0.2, -0.15) is 0 Å². The molecule has 2 heteroatoms. The quantitative estimate of drug-likeness (QED) is 0.855. The summed E-state index contributed by atoms with van der Waals surface area (Å²) in [6.45, 7) is 0. The number of hydrogen-bond donors (Lipinski definition) is 1. The van der Waals surface area contributed by atoms with Gasteiger partial charge in [0.1, 0.15) is 5.75 Å². The highest BCUT2D eigenvalue weighted by atomic mass is 16.5. The molecule has 2 N–H and O–H groups in total. The smallest absolute Gasteiger partial charge is 0.126 e. The molecule has 1 saturated carbocycles. The van der Waals surface area contributed by atoms with E-state index in [0.29, 0.717) is 0 Å². The lowest BCUT2D eigenvalue weighted by atomic mass is 9.72. The van der Waals surface area contributed by atoms with Crippen molar-refractivity contribution in [2.75, 3.05) is 7.11 Å². The van der Waals surface area contributed by atoms with Gasteiger partial charge in [0.2, 0.25) is 0 Å². The molecular formula is C15H17NO. The van der Waals surface area contributed by atoms with Crippen molar-refractivity contribution in [3.05, 3.63) is 42.0 Å². The van der Waals surface area contributed by atoms with Crippen LogP contribution in [0, 0.1) is 0 Å². The van der Waals surface area contributed by atoms with E-state index in [-0.39, 0.29) is 5.54 Å². The highest BCUT2D eigenvalue weighted by Crippen LogP contribution is 2.40. The first-order valence-corrected chi connectivity index (χ1v) is 6.09. The van der Waals surface area contributed by atoms with E-state index in [4.69, 9.17) is 10.5 Å². The summed E-state index contributed by atoms with van der Waals surface area (Å²) in [5, 5.41) is 2.36. The molecule has 0 saturated heterocycles. The Morgan fingerprint density at radius 1 is 1.18 bits per heavy atom. The molecule has 0 radical (unpaired) electrons. The van der Waals surface area contributed by atoms with Gasteiger partial charge in [0, 0.05) is 10.9 Å². The highest BCUT2D eigenvalue weighted by molar-refractivity contribution is 5.89. The molecule has 1 fully saturated rings. The Kier molecular flexibility index (Phi) is 2.33. The van der Waals surface area contributed by atoms with Gasteiger partial charge in [0.25, 0.3) is 0 Å². The lowest BCUT2D eigenvalue weighted by molar-refractivity contribution is 0.254. The number of methoxy groups -OCH3 is 1. The van der Waals surface area contributed by atoms with E-state index in [0.717, 1.165) is 24.0 Å². The number of nitrogens with two attached hydrogens (primary N) is 1. The maximum Gasteiger partial charge on any atom is 0.126 e. The molecule has 0 unspecified atom stereocenters. The molecule has 2 aromatic rings. The lowest BCUT2D eigenvalue weighted by Crippen LogP contribution is -2.43. The van der Waals surface area contributed by atoms with Gasteiger partial charge in [-0.1, -0.05) is 24.3 Å². The summed E-state index contributed by atoms with van der Waals surface area (Å²) >= 11 is 0. The fraction of sp³-hybridized carbons (Fsp3) is 0.333. The van der Waals surface area contributed by atoms with Crippen molar-refractivity contribution in [3.63, 3.8) is 0 Å². The minimum Gasteiger partial charge on any atom is -0.496 e. The third-order valence-electron chi connectivity index (χ3n) is 3.88. The Balaban J connectivity index is 2.14. The van der Waals surface area contributed by atoms with Gasteiger partial charge < -0.3 is 10.5 Å². The average molecular weight is 227 g/mol. The number of ether oxygens (including phenoxy) is 1. The molecule has 1 aliphatic carbocycles. The van der Waals surface area contributed by atoms with Crippen LogP contribution >= 0.6 is 0 Å². The average Bonchev–Trinajstić information content (AvgIpc) is 2.34. The molecule has 0 atom stereocenters. The monoisotopic (exact) mass is 227 g/mol. The van der Waals surface area contributed by atoms with E-state index >= 15 is 0 Å². The summed E-state index contributed by atoms with van der Waals surface area (Å²) in [5.41, 5.74) is 7.52. The molecule has 0 spiro atoms. The fourth-order valence-corrected chi connectivity index (χ4v) is 2.59. The van der Waals surface area contributed by atoms with Crippen LogP contribution in [0.15, 0.2) is 36.4 Å². The Bertz CT molecular complexity index is 558. The molecule has 88 valence electrons. The normalized spacial score (nSPS) is 17.8. The number of fused-ring (bicyclic) bond motifs is 1. The zero-order valence-electron chi connectivity index (χ0n) is 10.1. The summed E-state index contributed by atoms with van der Waals surface area (Å²) in [6, 6.07) is 12.6. The molecule has 17 heavy (non-hydrogen) atoms. The predicted molar refractivity (Wildman–Crippen MR) is 70.2 cm³/mol. The number of benzene rings is 2. The van der Waals surface area contributed by atoms with Crippen LogP contribution in [0.25, 0.3) is 10.8 Å². The Hall–Kier alpha value is -1.54. The Morgan fingerprint density at radius 2 is 2.00 bits per heavy atom. The lowest BCUT2D eigenvalue weighted by Gasteiger charge is -2.38. The number of rotatable bonds is 2. The Morgan fingerprint density at radius 3 is 2.65 bits per heavy atom. The molecule has 0 bridgehead atoms. The van der Waals surface area contributed by atoms with Crippen molar-refractivity contribution < 1.29 is 4.74 Å². The summed E-state index contributed by atoms with van der Waals surface area (Å²) in [4.78, 5) is 0. The standard InChI is InChI=1S/C15H17NO/c1-17-14-5-2-4-11-10-12(6-7-13(11)14)15(16)8-3-9-15/h2,4-7,10H,3,8-9,16H2,1H3. The van der Waals surface area contributed by atoms with Crippen molar-refractivity contribution >= 4 is 10.8 Å². The van der Waals surface area contributed by atoms with Gasteiger partial charge in [-0.05, 0) is 42.3 Å². The van der Waals surface area contributed by atoms with Gasteiger partial charge in [-0.25, -0.2) is 0 Å². The maximum atomic E-state index is 6.35.